The first-order chi connectivity index (χ1) is 16.7. The highest BCUT2D eigenvalue weighted by Crippen LogP contribution is 2.36. The third-order valence-corrected chi connectivity index (χ3v) is 7.54. The van der Waals surface area contributed by atoms with Crippen molar-refractivity contribution in [2.45, 2.75) is 103 Å². The molecule has 0 aromatic heterocycles. The SMILES string of the molecule is COc1ccc2c(c1)CN(C(=O)CCC1CCCN(C(=O)OC(C)(C)C)CC1)[C@@H]1CCCC[C@@H]1O2. The van der Waals surface area contributed by atoms with Crippen molar-refractivity contribution in [2.75, 3.05) is 20.2 Å². The van der Waals surface area contributed by atoms with Crippen molar-refractivity contribution in [2.24, 2.45) is 5.92 Å². The molecular weight excluding hydrogens is 444 g/mol. The van der Waals surface area contributed by atoms with Crippen LogP contribution >= 0.6 is 0 Å². The van der Waals surface area contributed by atoms with Gasteiger partial charge in [0.2, 0.25) is 5.91 Å². The molecule has 7 heteroatoms. The predicted octanol–water partition coefficient (Wildman–Crippen LogP) is 5.54. The van der Waals surface area contributed by atoms with E-state index in [0.29, 0.717) is 25.4 Å². The molecule has 4 rings (SSSR count). The lowest BCUT2D eigenvalue weighted by Gasteiger charge is -2.37. The molecule has 1 saturated carbocycles. The zero-order chi connectivity index (χ0) is 25.0. The van der Waals surface area contributed by atoms with E-state index in [2.05, 4.69) is 4.90 Å². The normalized spacial score (nSPS) is 24.9. The van der Waals surface area contributed by atoms with Gasteiger partial charge >= 0.3 is 6.09 Å². The second kappa shape index (κ2) is 11.1. The Labute approximate surface area is 210 Å². The molecule has 0 radical (unpaired) electrons. The monoisotopic (exact) mass is 486 g/mol. The van der Waals surface area contributed by atoms with Crippen LogP contribution in [0.1, 0.15) is 84.1 Å². The van der Waals surface area contributed by atoms with Crippen LogP contribution in [0.15, 0.2) is 18.2 Å². The van der Waals surface area contributed by atoms with E-state index < -0.39 is 5.60 Å². The molecule has 1 aromatic carbocycles. The standard InChI is InChI=1S/C28H42N2O5/c1-28(2,3)35-27(32)29-16-7-8-20(15-17-29)11-14-26(31)30-19-21-18-22(33-4)12-13-24(21)34-25-10-6-5-9-23(25)30/h12-13,18,20,23,25H,5-11,14-17,19H2,1-4H3/t20?,23-,25+/m1/s1. The lowest BCUT2D eigenvalue weighted by atomic mass is 9.90. The summed E-state index contributed by atoms with van der Waals surface area (Å²) in [4.78, 5) is 30.0. The van der Waals surface area contributed by atoms with Crippen molar-refractivity contribution in [3.05, 3.63) is 23.8 Å². The molecule has 2 fully saturated rings. The Morgan fingerprint density at radius 1 is 1.06 bits per heavy atom. The fourth-order valence-corrected chi connectivity index (χ4v) is 5.66. The molecule has 1 aliphatic carbocycles. The minimum Gasteiger partial charge on any atom is -0.497 e. The Kier molecular flexibility index (Phi) is 8.12. The third-order valence-electron chi connectivity index (χ3n) is 7.54. The van der Waals surface area contributed by atoms with Gasteiger partial charge in [0.05, 0.1) is 13.2 Å². The molecule has 3 aliphatic rings. The number of rotatable bonds is 4. The summed E-state index contributed by atoms with van der Waals surface area (Å²) in [6.07, 6.45) is 8.41. The number of benzene rings is 1. The number of fused-ring (bicyclic) bond motifs is 2. The van der Waals surface area contributed by atoms with Gasteiger partial charge in [0, 0.05) is 31.6 Å². The second-order valence-corrected chi connectivity index (χ2v) is 11.3. The van der Waals surface area contributed by atoms with Crippen LogP contribution in [0.4, 0.5) is 4.79 Å². The summed E-state index contributed by atoms with van der Waals surface area (Å²) >= 11 is 0. The Morgan fingerprint density at radius 3 is 2.63 bits per heavy atom. The van der Waals surface area contributed by atoms with Crippen LogP contribution < -0.4 is 9.47 Å². The first-order valence-electron chi connectivity index (χ1n) is 13.3. The average molecular weight is 487 g/mol. The van der Waals surface area contributed by atoms with E-state index in [-0.39, 0.29) is 24.1 Å². The summed E-state index contributed by atoms with van der Waals surface area (Å²) in [6, 6.07) is 6.05. The summed E-state index contributed by atoms with van der Waals surface area (Å²) in [5.74, 6) is 2.33. The maximum Gasteiger partial charge on any atom is 0.410 e. The van der Waals surface area contributed by atoms with E-state index in [4.69, 9.17) is 14.2 Å². The zero-order valence-electron chi connectivity index (χ0n) is 21.9. The number of ether oxygens (including phenoxy) is 3. The predicted molar refractivity (Wildman–Crippen MR) is 135 cm³/mol. The molecule has 2 heterocycles. The highest BCUT2D eigenvalue weighted by molar-refractivity contribution is 5.77. The van der Waals surface area contributed by atoms with Gasteiger partial charge in [-0.3, -0.25) is 4.79 Å². The van der Waals surface area contributed by atoms with Gasteiger partial charge in [-0.15, -0.1) is 0 Å². The van der Waals surface area contributed by atoms with Gasteiger partial charge in [0.15, 0.2) is 0 Å². The number of likely N-dealkylation sites (tertiary alicyclic amines) is 1. The summed E-state index contributed by atoms with van der Waals surface area (Å²) in [5.41, 5.74) is 0.542. The van der Waals surface area contributed by atoms with Crippen molar-refractivity contribution in [1.82, 2.24) is 9.80 Å². The minimum atomic E-state index is -0.480. The zero-order valence-corrected chi connectivity index (χ0v) is 21.9. The van der Waals surface area contributed by atoms with Gasteiger partial charge in [-0.25, -0.2) is 4.79 Å². The molecule has 0 spiro atoms. The third kappa shape index (κ3) is 6.62. The first kappa shape index (κ1) is 25.6. The topological polar surface area (TPSA) is 68.3 Å². The Bertz CT molecular complexity index is 896. The maximum atomic E-state index is 13.6. The molecular formula is C28H42N2O5. The number of hydrogen-bond acceptors (Lipinski definition) is 5. The lowest BCUT2D eigenvalue weighted by molar-refractivity contribution is -0.137. The molecule has 194 valence electrons. The van der Waals surface area contributed by atoms with Crippen molar-refractivity contribution >= 4 is 12.0 Å². The number of nitrogens with zero attached hydrogens (tertiary/aromatic N) is 2. The van der Waals surface area contributed by atoms with Crippen LogP contribution in [0.2, 0.25) is 0 Å². The molecule has 2 aliphatic heterocycles. The smallest absolute Gasteiger partial charge is 0.410 e. The molecule has 0 N–H and O–H groups in total. The fourth-order valence-electron chi connectivity index (χ4n) is 5.66. The molecule has 1 aromatic rings. The van der Waals surface area contributed by atoms with Gasteiger partial charge in [0.25, 0.3) is 0 Å². The Balaban J connectivity index is 1.38. The van der Waals surface area contributed by atoms with Crippen molar-refractivity contribution in [3.8, 4) is 11.5 Å². The fraction of sp³-hybridized carbons (Fsp3) is 0.714. The van der Waals surface area contributed by atoms with Gasteiger partial charge in [-0.1, -0.05) is 6.42 Å². The van der Waals surface area contributed by atoms with Crippen molar-refractivity contribution < 1.29 is 23.8 Å². The van der Waals surface area contributed by atoms with Crippen molar-refractivity contribution in [3.63, 3.8) is 0 Å². The summed E-state index contributed by atoms with van der Waals surface area (Å²) in [7, 11) is 1.67. The van der Waals surface area contributed by atoms with Crippen LogP contribution in [0.3, 0.4) is 0 Å². The lowest BCUT2D eigenvalue weighted by Crippen LogP contribution is -2.48. The second-order valence-electron chi connectivity index (χ2n) is 11.3. The highest BCUT2D eigenvalue weighted by Gasteiger charge is 2.37. The quantitative estimate of drug-likeness (QED) is 0.559. The van der Waals surface area contributed by atoms with Gasteiger partial charge in [0.1, 0.15) is 23.2 Å². The molecule has 1 saturated heterocycles. The number of methoxy groups -OCH3 is 1. The largest absolute Gasteiger partial charge is 0.497 e. The van der Waals surface area contributed by atoms with Crippen LogP contribution in [0.25, 0.3) is 0 Å². The van der Waals surface area contributed by atoms with Gasteiger partial charge < -0.3 is 24.0 Å². The molecule has 7 nitrogen and oxygen atoms in total. The molecule has 1 unspecified atom stereocenters. The van der Waals surface area contributed by atoms with Crippen LogP contribution in [-0.2, 0) is 16.1 Å². The Morgan fingerprint density at radius 2 is 1.86 bits per heavy atom. The van der Waals surface area contributed by atoms with E-state index in [9.17, 15) is 9.59 Å². The van der Waals surface area contributed by atoms with Crippen molar-refractivity contribution in [1.29, 1.82) is 0 Å². The molecule has 3 atom stereocenters. The Hall–Kier alpha value is -2.44. The van der Waals surface area contributed by atoms with Crippen LogP contribution in [0, 0.1) is 5.92 Å². The molecule has 35 heavy (non-hydrogen) atoms. The average Bonchev–Trinajstić information content (AvgIpc) is 3.16. The maximum absolute atomic E-state index is 13.6. The number of carbonyl (C=O) groups excluding carboxylic acids is 2. The molecule has 0 bridgehead atoms. The number of amides is 2. The minimum absolute atomic E-state index is 0.0580. The van der Waals surface area contributed by atoms with E-state index in [1.54, 1.807) is 7.11 Å². The summed E-state index contributed by atoms with van der Waals surface area (Å²) in [6.45, 7) is 7.70. The van der Waals surface area contributed by atoms with E-state index in [1.807, 2.05) is 43.9 Å². The first-order valence-corrected chi connectivity index (χ1v) is 13.3. The van der Waals surface area contributed by atoms with E-state index in [1.165, 1.54) is 0 Å². The molecule has 2 amide bonds. The van der Waals surface area contributed by atoms with Gasteiger partial charge in [-0.2, -0.15) is 0 Å². The highest BCUT2D eigenvalue weighted by atomic mass is 16.6. The summed E-state index contributed by atoms with van der Waals surface area (Å²) < 4.78 is 17.4. The van der Waals surface area contributed by atoms with Crippen LogP contribution in [-0.4, -0.2) is 59.7 Å². The summed E-state index contributed by atoms with van der Waals surface area (Å²) in [5, 5.41) is 0. The van der Waals surface area contributed by atoms with Gasteiger partial charge in [-0.05, 0) is 89.8 Å². The van der Waals surface area contributed by atoms with E-state index >= 15 is 0 Å². The van der Waals surface area contributed by atoms with E-state index in [0.717, 1.165) is 75.0 Å². The number of carbonyl (C=O) groups is 2. The van der Waals surface area contributed by atoms with Crippen LogP contribution in [0.5, 0.6) is 11.5 Å². The number of hydrogen-bond donors (Lipinski definition) is 0.